The van der Waals surface area contributed by atoms with E-state index in [1.807, 2.05) is 67.0 Å². The number of para-hydroxylation sites is 1. The largest absolute Gasteiger partial charge is 0.492 e. The van der Waals surface area contributed by atoms with Gasteiger partial charge < -0.3 is 9.64 Å². The number of benzene rings is 1. The first kappa shape index (κ1) is 10.6. The van der Waals surface area contributed by atoms with E-state index in [2.05, 4.69) is 4.90 Å². The molecular formula is C14H15NO. The minimum Gasteiger partial charge on any atom is -0.492 e. The van der Waals surface area contributed by atoms with E-state index in [1.165, 1.54) is 0 Å². The molecule has 0 fully saturated rings. The molecule has 0 spiro atoms. The standard InChI is InChI=1S/C14H15NO/c1-2-7-11-15(10-6-1)12-13-16-14-8-4-3-5-9-14/h1-11H,12-13H2. The number of hydrogen-bond donors (Lipinski definition) is 0. The third kappa shape index (κ3) is 3.31. The van der Waals surface area contributed by atoms with Crippen LogP contribution in [0.25, 0.3) is 0 Å². The van der Waals surface area contributed by atoms with Crippen LogP contribution < -0.4 is 4.74 Å². The van der Waals surface area contributed by atoms with Gasteiger partial charge in [0.15, 0.2) is 0 Å². The van der Waals surface area contributed by atoms with Crippen molar-refractivity contribution in [1.82, 2.24) is 4.90 Å². The molecule has 2 nitrogen and oxygen atoms in total. The molecule has 0 radical (unpaired) electrons. The minimum atomic E-state index is 0.679. The average molecular weight is 213 g/mol. The predicted octanol–water partition coefficient (Wildman–Crippen LogP) is 2.96. The molecule has 1 aliphatic rings. The maximum absolute atomic E-state index is 5.62. The molecule has 0 saturated carbocycles. The van der Waals surface area contributed by atoms with Gasteiger partial charge in [-0.1, -0.05) is 30.4 Å². The second-order valence-electron chi connectivity index (χ2n) is 3.47. The molecule has 2 rings (SSSR count). The number of rotatable bonds is 4. The summed E-state index contributed by atoms with van der Waals surface area (Å²) in [5, 5.41) is 0. The second kappa shape index (κ2) is 5.81. The Bertz CT molecular complexity index is 376. The zero-order valence-electron chi connectivity index (χ0n) is 9.12. The first-order valence-corrected chi connectivity index (χ1v) is 5.40. The molecule has 82 valence electrons. The topological polar surface area (TPSA) is 12.5 Å². The first-order valence-electron chi connectivity index (χ1n) is 5.40. The lowest BCUT2D eigenvalue weighted by atomic mass is 10.3. The first-order chi connectivity index (χ1) is 7.95. The Kier molecular flexibility index (Phi) is 3.83. The van der Waals surface area contributed by atoms with E-state index in [0.717, 1.165) is 12.3 Å². The molecule has 0 amide bonds. The maximum Gasteiger partial charge on any atom is 0.119 e. The van der Waals surface area contributed by atoms with Crippen LogP contribution in [0.1, 0.15) is 0 Å². The molecule has 1 heterocycles. The molecule has 16 heavy (non-hydrogen) atoms. The van der Waals surface area contributed by atoms with Crippen molar-refractivity contribution in [2.45, 2.75) is 0 Å². The van der Waals surface area contributed by atoms with Crippen LogP contribution in [-0.4, -0.2) is 18.1 Å². The van der Waals surface area contributed by atoms with Gasteiger partial charge in [0.2, 0.25) is 0 Å². The van der Waals surface area contributed by atoms with E-state index >= 15 is 0 Å². The quantitative estimate of drug-likeness (QED) is 0.762. The van der Waals surface area contributed by atoms with Gasteiger partial charge in [-0.25, -0.2) is 0 Å². The van der Waals surface area contributed by atoms with Gasteiger partial charge in [0.05, 0.1) is 6.54 Å². The van der Waals surface area contributed by atoms with Gasteiger partial charge in [-0.05, 0) is 24.3 Å². The fraction of sp³-hybridized carbons (Fsp3) is 0.143. The van der Waals surface area contributed by atoms with E-state index < -0.39 is 0 Å². The molecule has 0 saturated heterocycles. The highest BCUT2D eigenvalue weighted by atomic mass is 16.5. The van der Waals surface area contributed by atoms with Gasteiger partial charge in [-0.15, -0.1) is 0 Å². The van der Waals surface area contributed by atoms with Crippen LogP contribution in [0.3, 0.4) is 0 Å². The van der Waals surface area contributed by atoms with Crippen molar-refractivity contribution >= 4 is 0 Å². The summed E-state index contributed by atoms with van der Waals surface area (Å²) in [7, 11) is 0. The lowest BCUT2D eigenvalue weighted by Crippen LogP contribution is -2.17. The molecule has 0 aliphatic carbocycles. The third-order valence-corrected chi connectivity index (χ3v) is 2.25. The number of nitrogens with zero attached hydrogens (tertiary/aromatic N) is 1. The molecule has 2 heteroatoms. The summed E-state index contributed by atoms with van der Waals surface area (Å²) >= 11 is 0. The Labute approximate surface area is 96.1 Å². The van der Waals surface area contributed by atoms with Crippen LogP contribution in [0.4, 0.5) is 0 Å². The van der Waals surface area contributed by atoms with Crippen molar-refractivity contribution in [2.75, 3.05) is 13.2 Å². The van der Waals surface area contributed by atoms with Gasteiger partial charge in [0, 0.05) is 12.4 Å². The number of ether oxygens (including phenoxy) is 1. The van der Waals surface area contributed by atoms with Gasteiger partial charge in [0.25, 0.3) is 0 Å². The second-order valence-corrected chi connectivity index (χ2v) is 3.47. The normalized spacial score (nSPS) is 13.9. The van der Waals surface area contributed by atoms with Crippen LogP contribution in [0.15, 0.2) is 67.0 Å². The summed E-state index contributed by atoms with van der Waals surface area (Å²) in [5.74, 6) is 0.920. The zero-order valence-corrected chi connectivity index (χ0v) is 9.12. The molecule has 0 aromatic heterocycles. The Morgan fingerprint density at radius 2 is 1.56 bits per heavy atom. The summed E-state index contributed by atoms with van der Waals surface area (Å²) in [4.78, 5) is 2.10. The van der Waals surface area contributed by atoms with E-state index in [-0.39, 0.29) is 0 Å². The van der Waals surface area contributed by atoms with E-state index in [9.17, 15) is 0 Å². The Morgan fingerprint density at radius 1 is 0.875 bits per heavy atom. The van der Waals surface area contributed by atoms with Gasteiger partial charge >= 0.3 is 0 Å². The van der Waals surface area contributed by atoms with Crippen molar-refractivity contribution in [1.29, 1.82) is 0 Å². The van der Waals surface area contributed by atoms with Crippen molar-refractivity contribution in [3.63, 3.8) is 0 Å². The van der Waals surface area contributed by atoms with Crippen LogP contribution in [-0.2, 0) is 0 Å². The maximum atomic E-state index is 5.62. The highest BCUT2D eigenvalue weighted by Crippen LogP contribution is 2.08. The Hall–Kier alpha value is -1.96. The fourth-order valence-corrected chi connectivity index (χ4v) is 1.43. The van der Waals surface area contributed by atoms with E-state index in [1.54, 1.807) is 0 Å². The van der Waals surface area contributed by atoms with Crippen LogP contribution in [0, 0.1) is 0 Å². The summed E-state index contributed by atoms with van der Waals surface area (Å²) in [6, 6.07) is 9.88. The SMILES string of the molecule is C1=CC=CN(CCOc2ccccc2)C=C1. The van der Waals surface area contributed by atoms with E-state index in [4.69, 9.17) is 4.74 Å². The molecule has 0 atom stereocenters. The van der Waals surface area contributed by atoms with E-state index in [0.29, 0.717) is 6.61 Å². The molecule has 1 aliphatic heterocycles. The van der Waals surface area contributed by atoms with Gasteiger partial charge in [-0.3, -0.25) is 0 Å². The van der Waals surface area contributed by atoms with Crippen molar-refractivity contribution < 1.29 is 4.74 Å². The van der Waals surface area contributed by atoms with Crippen molar-refractivity contribution in [3.05, 3.63) is 67.0 Å². The molecule has 1 aromatic rings. The lowest BCUT2D eigenvalue weighted by Gasteiger charge is -2.15. The smallest absolute Gasteiger partial charge is 0.119 e. The minimum absolute atomic E-state index is 0.679. The molecule has 0 unspecified atom stereocenters. The molecule has 1 aromatic carbocycles. The average Bonchev–Trinajstić information content (AvgIpc) is 2.59. The summed E-state index contributed by atoms with van der Waals surface area (Å²) in [5.41, 5.74) is 0. The Morgan fingerprint density at radius 3 is 2.25 bits per heavy atom. The van der Waals surface area contributed by atoms with Gasteiger partial charge in [0.1, 0.15) is 12.4 Å². The molecule has 0 bridgehead atoms. The van der Waals surface area contributed by atoms with Crippen LogP contribution in [0.2, 0.25) is 0 Å². The van der Waals surface area contributed by atoms with Crippen molar-refractivity contribution in [3.8, 4) is 5.75 Å². The van der Waals surface area contributed by atoms with Gasteiger partial charge in [-0.2, -0.15) is 0 Å². The number of allylic oxidation sites excluding steroid dienone is 4. The summed E-state index contributed by atoms with van der Waals surface area (Å²) in [6.07, 6.45) is 12.1. The highest BCUT2D eigenvalue weighted by Gasteiger charge is 1.96. The third-order valence-electron chi connectivity index (χ3n) is 2.25. The molecule has 0 N–H and O–H groups in total. The summed E-state index contributed by atoms with van der Waals surface area (Å²) in [6.45, 7) is 1.53. The van der Waals surface area contributed by atoms with Crippen LogP contribution in [0.5, 0.6) is 5.75 Å². The lowest BCUT2D eigenvalue weighted by molar-refractivity contribution is 0.284. The predicted molar refractivity (Wildman–Crippen MR) is 66.1 cm³/mol. The van der Waals surface area contributed by atoms with Crippen LogP contribution >= 0.6 is 0 Å². The molecular weight excluding hydrogens is 198 g/mol. The van der Waals surface area contributed by atoms with Crippen molar-refractivity contribution in [2.24, 2.45) is 0 Å². The fourth-order valence-electron chi connectivity index (χ4n) is 1.43. The zero-order chi connectivity index (χ0) is 11.1. The Balaban J connectivity index is 1.76. The summed E-state index contributed by atoms with van der Waals surface area (Å²) < 4.78 is 5.62. The monoisotopic (exact) mass is 213 g/mol. The highest BCUT2D eigenvalue weighted by molar-refractivity contribution is 5.21. The number of hydrogen-bond acceptors (Lipinski definition) is 2.